The van der Waals surface area contributed by atoms with E-state index >= 15 is 0 Å². The Balaban J connectivity index is 1.91. The van der Waals surface area contributed by atoms with E-state index in [1.54, 1.807) is 17.0 Å². The van der Waals surface area contributed by atoms with Gasteiger partial charge < -0.3 is 24.6 Å². The molecule has 1 amide bonds. The third-order valence-electron chi connectivity index (χ3n) is 5.31. The number of carbonyl (C=O) groups excluding carboxylic acids is 1. The Kier molecular flexibility index (Phi) is 7.98. The van der Waals surface area contributed by atoms with Gasteiger partial charge in [0, 0.05) is 12.6 Å². The second-order valence-corrected chi connectivity index (χ2v) is 8.88. The van der Waals surface area contributed by atoms with Crippen LogP contribution in [0.3, 0.4) is 0 Å². The highest BCUT2D eigenvalue weighted by atomic mass is 35.5. The van der Waals surface area contributed by atoms with Gasteiger partial charge in [0.25, 0.3) is 0 Å². The molecule has 0 bridgehead atoms. The summed E-state index contributed by atoms with van der Waals surface area (Å²) in [6.07, 6.45) is 4.78. The van der Waals surface area contributed by atoms with E-state index in [2.05, 4.69) is 0 Å². The fourth-order valence-electron chi connectivity index (χ4n) is 3.85. The Hall–Kier alpha value is -2.78. The van der Waals surface area contributed by atoms with Crippen molar-refractivity contribution in [3.05, 3.63) is 39.7 Å². The van der Waals surface area contributed by atoms with Crippen LogP contribution in [-0.2, 0) is 16.1 Å². The Bertz CT molecular complexity index is 1000. The van der Waals surface area contributed by atoms with Gasteiger partial charge in [-0.05, 0) is 30.0 Å². The molecule has 0 unspecified atom stereocenters. The van der Waals surface area contributed by atoms with E-state index in [-0.39, 0.29) is 27.8 Å². The number of carboxylic acid groups (broad SMARTS) is 2. The van der Waals surface area contributed by atoms with Gasteiger partial charge in [0.2, 0.25) is 0 Å². The molecule has 1 saturated carbocycles. The van der Waals surface area contributed by atoms with Crippen molar-refractivity contribution >= 4 is 41.0 Å². The van der Waals surface area contributed by atoms with Gasteiger partial charge in [0.15, 0.2) is 17.2 Å². The smallest absolute Gasteiger partial charge is 0.410 e. The zero-order valence-corrected chi connectivity index (χ0v) is 19.1. The quantitative estimate of drug-likeness (QED) is 0.537. The lowest BCUT2D eigenvalue weighted by molar-refractivity contribution is -0.139. The SMILES string of the molecule is COC(=O)N(Cc1cccc(-c2sc(C(=O)O)c(OCC(=O)O)c2Cl)c1)C1CCCCC1. The minimum atomic E-state index is -1.26. The van der Waals surface area contributed by atoms with Crippen molar-refractivity contribution in [3.63, 3.8) is 0 Å². The maximum absolute atomic E-state index is 12.4. The Labute approximate surface area is 194 Å². The number of rotatable bonds is 8. The molecule has 8 nitrogen and oxygen atoms in total. The summed E-state index contributed by atoms with van der Waals surface area (Å²) in [5.41, 5.74) is 1.49. The van der Waals surface area contributed by atoms with Crippen LogP contribution in [0.4, 0.5) is 4.79 Å². The number of hydrogen-bond acceptors (Lipinski definition) is 6. The van der Waals surface area contributed by atoms with Gasteiger partial charge >= 0.3 is 18.0 Å². The number of thiophene rings is 1. The lowest BCUT2D eigenvalue weighted by Crippen LogP contribution is -2.40. The molecule has 1 fully saturated rings. The Morgan fingerprint density at radius 3 is 2.53 bits per heavy atom. The highest BCUT2D eigenvalue weighted by Gasteiger charge is 2.27. The summed E-state index contributed by atoms with van der Waals surface area (Å²) in [6.45, 7) is -0.353. The summed E-state index contributed by atoms with van der Waals surface area (Å²) in [4.78, 5) is 36.9. The molecule has 0 radical (unpaired) electrons. The summed E-state index contributed by atoms with van der Waals surface area (Å²) in [6, 6.07) is 7.40. The van der Waals surface area contributed by atoms with E-state index in [0.717, 1.165) is 49.0 Å². The number of methoxy groups -OCH3 is 1. The molecule has 1 aliphatic rings. The summed E-state index contributed by atoms with van der Waals surface area (Å²) in [5.74, 6) is -2.66. The van der Waals surface area contributed by atoms with Crippen LogP contribution >= 0.6 is 22.9 Å². The van der Waals surface area contributed by atoms with Crippen LogP contribution in [0.25, 0.3) is 10.4 Å². The summed E-state index contributed by atoms with van der Waals surface area (Å²) < 4.78 is 10.1. The lowest BCUT2D eigenvalue weighted by atomic mass is 9.94. The van der Waals surface area contributed by atoms with E-state index in [9.17, 15) is 19.5 Å². The summed E-state index contributed by atoms with van der Waals surface area (Å²) >= 11 is 7.30. The summed E-state index contributed by atoms with van der Waals surface area (Å²) in [5, 5.41) is 18.4. The number of halogens is 1. The molecule has 1 heterocycles. The molecule has 0 saturated heterocycles. The zero-order chi connectivity index (χ0) is 23.3. The Morgan fingerprint density at radius 1 is 1.19 bits per heavy atom. The van der Waals surface area contributed by atoms with Crippen molar-refractivity contribution in [2.45, 2.75) is 44.7 Å². The first-order valence-electron chi connectivity index (χ1n) is 10.2. The second kappa shape index (κ2) is 10.7. The van der Waals surface area contributed by atoms with Crippen LogP contribution in [0.2, 0.25) is 5.02 Å². The average Bonchev–Trinajstić information content (AvgIpc) is 3.12. The molecule has 1 aromatic heterocycles. The number of carbonyl (C=O) groups is 3. The predicted octanol–water partition coefficient (Wildman–Crippen LogP) is 5.13. The van der Waals surface area contributed by atoms with Crippen LogP contribution in [0.15, 0.2) is 24.3 Å². The molecular formula is C22H24ClNO7S. The number of hydrogen-bond donors (Lipinski definition) is 2. The standard InChI is InChI=1S/C22H24ClNO7S/c1-30-22(29)24(15-8-3-2-4-9-15)11-13-6-5-7-14(10-13)19-17(23)18(31-12-16(25)26)20(32-19)21(27)28/h5-7,10,15H,2-4,8-9,11-12H2,1H3,(H,25,26)(H,27,28). The molecule has 2 aromatic rings. The number of aromatic carboxylic acids is 1. The number of nitrogens with zero attached hydrogens (tertiary/aromatic N) is 1. The molecule has 0 spiro atoms. The number of ether oxygens (including phenoxy) is 2. The van der Waals surface area contributed by atoms with E-state index in [1.165, 1.54) is 7.11 Å². The molecule has 10 heteroatoms. The largest absolute Gasteiger partial charge is 0.479 e. The van der Waals surface area contributed by atoms with Crippen LogP contribution in [0.1, 0.15) is 47.3 Å². The highest BCUT2D eigenvalue weighted by Crippen LogP contribution is 2.45. The monoisotopic (exact) mass is 481 g/mol. The zero-order valence-electron chi connectivity index (χ0n) is 17.5. The fourth-order valence-corrected chi connectivity index (χ4v) is 5.25. The maximum atomic E-state index is 12.4. The number of aliphatic carboxylic acids is 1. The van der Waals surface area contributed by atoms with Crippen molar-refractivity contribution < 1.29 is 34.1 Å². The van der Waals surface area contributed by atoms with E-state index in [1.807, 2.05) is 12.1 Å². The molecule has 1 aromatic carbocycles. The predicted molar refractivity (Wildman–Crippen MR) is 120 cm³/mol. The van der Waals surface area contributed by atoms with Crippen molar-refractivity contribution in [1.29, 1.82) is 0 Å². The van der Waals surface area contributed by atoms with E-state index in [4.69, 9.17) is 26.2 Å². The van der Waals surface area contributed by atoms with Crippen molar-refractivity contribution in [1.82, 2.24) is 4.90 Å². The molecule has 172 valence electrons. The lowest BCUT2D eigenvalue weighted by Gasteiger charge is -2.33. The highest BCUT2D eigenvalue weighted by molar-refractivity contribution is 7.18. The molecular weight excluding hydrogens is 458 g/mol. The molecule has 1 aliphatic carbocycles. The van der Waals surface area contributed by atoms with Gasteiger partial charge in [-0.15, -0.1) is 11.3 Å². The van der Waals surface area contributed by atoms with Crippen LogP contribution in [0.5, 0.6) is 5.75 Å². The maximum Gasteiger partial charge on any atom is 0.410 e. The van der Waals surface area contributed by atoms with Crippen molar-refractivity contribution in [2.24, 2.45) is 0 Å². The van der Waals surface area contributed by atoms with Gasteiger partial charge in [-0.3, -0.25) is 0 Å². The number of amides is 1. The number of carboxylic acids is 2. The third kappa shape index (κ3) is 5.52. The van der Waals surface area contributed by atoms with Gasteiger partial charge in [0.05, 0.1) is 12.0 Å². The molecule has 0 aliphatic heterocycles. The fraction of sp³-hybridized carbons (Fsp3) is 0.409. The number of benzene rings is 1. The van der Waals surface area contributed by atoms with Gasteiger partial charge in [-0.1, -0.05) is 49.1 Å². The van der Waals surface area contributed by atoms with Crippen molar-refractivity contribution in [3.8, 4) is 16.2 Å². The van der Waals surface area contributed by atoms with Crippen LogP contribution in [0, 0.1) is 0 Å². The average molecular weight is 482 g/mol. The molecule has 2 N–H and O–H groups in total. The molecule has 0 atom stereocenters. The summed E-state index contributed by atoms with van der Waals surface area (Å²) in [7, 11) is 1.37. The normalized spacial score (nSPS) is 14.1. The molecule has 32 heavy (non-hydrogen) atoms. The molecule has 3 rings (SSSR count). The van der Waals surface area contributed by atoms with Crippen LogP contribution in [-0.4, -0.2) is 52.9 Å². The topological polar surface area (TPSA) is 113 Å². The first-order chi connectivity index (χ1) is 15.3. The van der Waals surface area contributed by atoms with Crippen LogP contribution < -0.4 is 4.74 Å². The Morgan fingerprint density at radius 2 is 1.91 bits per heavy atom. The first kappa shape index (κ1) is 23.9. The van der Waals surface area contributed by atoms with Crippen molar-refractivity contribution in [2.75, 3.05) is 13.7 Å². The van der Waals surface area contributed by atoms with E-state index in [0.29, 0.717) is 17.0 Å². The van der Waals surface area contributed by atoms with Gasteiger partial charge in [0.1, 0.15) is 5.02 Å². The van der Waals surface area contributed by atoms with Gasteiger partial charge in [-0.25, -0.2) is 14.4 Å². The van der Waals surface area contributed by atoms with E-state index < -0.39 is 18.5 Å². The third-order valence-corrected chi connectivity index (χ3v) is 6.99. The van der Waals surface area contributed by atoms with Gasteiger partial charge in [-0.2, -0.15) is 0 Å². The second-order valence-electron chi connectivity index (χ2n) is 7.48. The minimum absolute atomic E-state index is 0.0444. The first-order valence-corrected chi connectivity index (χ1v) is 11.3. The minimum Gasteiger partial charge on any atom is -0.479 e.